The molecule has 3 aromatic carbocycles. The van der Waals surface area contributed by atoms with Gasteiger partial charge in [0.15, 0.2) is 5.82 Å². The summed E-state index contributed by atoms with van der Waals surface area (Å²) >= 11 is 5.96. The largest absolute Gasteiger partial charge is 0.338 e. The third-order valence-corrected chi connectivity index (χ3v) is 6.62. The second-order valence-corrected chi connectivity index (χ2v) is 9.05. The normalized spacial score (nSPS) is 11.6. The smallest absolute Gasteiger partial charge is 0.240 e. The molecule has 8 heteroatoms. The van der Waals surface area contributed by atoms with Gasteiger partial charge in [-0.25, -0.2) is 13.1 Å². The lowest BCUT2D eigenvalue weighted by Crippen LogP contribution is -2.19. The number of fused-ring (bicyclic) bond motifs is 1. The summed E-state index contributed by atoms with van der Waals surface area (Å²) < 4.78 is 27.1. The van der Waals surface area contributed by atoms with E-state index in [0.29, 0.717) is 27.7 Å². The zero-order valence-corrected chi connectivity index (χ0v) is 17.9. The zero-order valence-electron chi connectivity index (χ0n) is 16.3. The maximum absolute atomic E-state index is 12.4. The van der Waals surface area contributed by atoms with Gasteiger partial charge in [-0.05, 0) is 49.9 Å². The predicted octanol–water partition coefficient (Wildman–Crippen LogP) is 4.91. The van der Waals surface area contributed by atoms with Crippen LogP contribution >= 0.6 is 11.6 Å². The van der Waals surface area contributed by atoms with Crippen LogP contribution in [0, 0.1) is 6.92 Å². The van der Waals surface area contributed by atoms with Crippen LogP contribution in [-0.2, 0) is 10.0 Å². The summed E-state index contributed by atoms with van der Waals surface area (Å²) in [5.74, 6) is 0.604. The van der Waals surface area contributed by atoms with Crippen LogP contribution < -0.4 is 10.0 Å². The SMILES string of the molecule is CNS(=O)(=O)c1cc(-c2nnc(Nc3ccc(Cl)cc3)c3ccccc23)ccc1C. The summed E-state index contributed by atoms with van der Waals surface area (Å²) in [5, 5.41) is 14.4. The Bertz CT molecular complexity index is 1340. The summed E-state index contributed by atoms with van der Waals surface area (Å²) in [6.07, 6.45) is 0. The van der Waals surface area contributed by atoms with E-state index in [2.05, 4.69) is 20.2 Å². The second-order valence-electron chi connectivity index (χ2n) is 6.76. The van der Waals surface area contributed by atoms with Crippen molar-refractivity contribution in [2.75, 3.05) is 12.4 Å². The third kappa shape index (κ3) is 3.87. The van der Waals surface area contributed by atoms with Gasteiger partial charge in [-0.1, -0.05) is 48.0 Å². The number of aryl methyl sites for hydroxylation is 1. The summed E-state index contributed by atoms with van der Waals surface area (Å²) in [6, 6.07) is 20.3. The Balaban J connectivity index is 1.84. The van der Waals surface area contributed by atoms with Crippen molar-refractivity contribution >= 4 is 43.9 Å². The number of hydrogen-bond acceptors (Lipinski definition) is 5. The van der Waals surface area contributed by atoms with E-state index in [1.54, 1.807) is 31.2 Å². The molecule has 6 nitrogen and oxygen atoms in total. The first-order valence-electron chi connectivity index (χ1n) is 9.21. The van der Waals surface area contributed by atoms with Gasteiger partial charge in [0, 0.05) is 27.0 Å². The molecule has 1 aromatic heterocycles. The Morgan fingerprint density at radius 1 is 0.900 bits per heavy atom. The first-order chi connectivity index (χ1) is 14.4. The topological polar surface area (TPSA) is 84.0 Å². The minimum Gasteiger partial charge on any atom is -0.338 e. The fourth-order valence-corrected chi connectivity index (χ4v) is 4.35. The number of nitrogens with one attached hydrogen (secondary N) is 2. The van der Waals surface area contributed by atoms with Gasteiger partial charge < -0.3 is 5.32 Å². The van der Waals surface area contributed by atoms with E-state index >= 15 is 0 Å². The average molecular weight is 439 g/mol. The molecule has 0 spiro atoms. The number of anilines is 2. The highest BCUT2D eigenvalue weighted by Gasteiger charge is 2.18. The molecule has 0 atom stereocenters. The van der Waals surface area contributed by atoms with Gasteiger partial charge in [0.1, 0.15) is 5.69 Å². The molecule has 0 radical (unpaired) electrons. The Morgan fingerprint density at radius 3 is 2.30 bits per heavy atom. The van der Waals surface area contributed by atoms with Crippen LogP contribution in [0.1, 0.15) is 5.56 Å². The molecular weight excluding hydrogens is 420 g/mol. The van der Waals surface area contributed by atoms with E-state index in [0.717, 1.165) is 16.5 Å². The van der Waals surface area contributed by atoms with E-state index in [1.807, 2.05) is 42.5 Å². The van der Waals surface area contributed by atoms with Gasteiger partial charge in [-0.3, -0.25) is 0 Å². The Morgan fingerprint density at radius 2 is 1.60 bits per heavy atom. The molecule has 0 saturated carbocycles. The minimum absolute atomic E-state index is 0.219. The summed E-state index contributed by atoms with van der Waals surface area (Å²) in [7, 11) is -2.19. The van der Waals surface area contributed by atoms with E-state index < -0.39 is 10.0 Å². The van der Waals surface area contributed by atoms with Crippen molar-refractivity contribution < 1.29 is 8.42 Å². The van der Waals surface area contributed by atoms with Crippen molar-refractivity contribution in [2.24, 2.45) is 0 Å². The van der Waals surface area contributed by atoms with Crippen molar-refractivity contribution in [1.29, 1.82) is 0 Å². The molecule has 152 valence electrons. The van der Waals surface area contributed by atoms with Crippen LogP contribution in [0.5, 0.6) is 0 Å². The Kier molecular flexibility index (Phi) is 5.42. The van der Waals surface area contributed by atoms with Gasteiger partial charge in [0.25, 0.3) is 0 Å². The second kappa shape index (κ2) is 8.02. The molecule has 0 aliphatic carbocycles. The standard InChI is InChI=1S/C22H19ClN4O2S/c1-14-7-8-15(13-20(14)30(28,29)24-2)21-18-5-3-4-6-19(18)22(27-26-21)25-17-11-9-16(23)10-12-17/h3-13,24H,1-2H3,(H,25,27). The van der Waals surface area contributed by atoms with E-state index in [4.69, 9.17) is 11.6 Å². The first kappa shape index (κ1) is 20.3. The van der Waals surface area contributed by atoms with Crippen LogP contribution in [0.2, 0.25) is 5.02 Å². The molecule has 0 saturated heterocycles. The minimum atomic E-state index is -3.59. The first-order valence-corrected chi connectivity index (χ1v) is 11.1. The van der Waals surface area contributed by atoms with E-state index in [-0.39, 0.29) is 4.90 Å². The third-order valence-electron chi connectivity index (χ3n) is 4.81. The maximum Gasteiger partial charge on any atom is 0.240 e. The van der Waals surface area contributed by atoms with Crippen LogP contribution in [0.4, 0.5) is 11.5 Å². The van der Waals surface area contributed by atoms with E-state index in [9.17, 15) is 8.42 Å². The number of hydrogen-bond donors (Lipinski definition) is 2. The highest BCUT2D eigenvalue weighted by atomic mass is 35.5. The van der Waals surface area contributed by atoms with Crippen molar-refractivity contribution in [3.8, 4) is 11.3 Å². The van der Waals surface area contributed by atoms with Gasteiger partial charge in [0.05, 0.1) is 4.90 Å². The highest BCUT2D eigenvalue weighted by molar-refractivity contribution is 7.89. The Labute approximate surface area is 180 Å². The number of benzene rings is 3. The Hall–Kier alpha value is -3.00. The number of aromatic nitrogens is 2. The van der Waals surface area contributed by atoms with Crippen LogP contribution in [-0.4, -0.2) is 25.7 Å². The van der Waals surface area contributed by atoms with Crippen LogP contribution in [0.15, 0.2) is 71.6 Å². The summed E-state index contributed by atoms with van der Waals surface area (Å²) in [5.41, 5.74) is 2.78. The molecule has 4 rings (SSSR count). The highest BCUT2D eigenvalue weighted by Crippen LogP contribution is 2.32. The lowest BCUT2D eigenvalue weighted by molar-refractivity contribution is 0.587. The molecule has 1 heterocycles. The predicted molar refractivity (Wildman–Crippen MR) is 121 cm³/mol. The van der Waals surface area contributed by atoms with E-state index in [1.165, 1.54) is 7.05 Å². The quantitative estimate of drug-likeness (QED) is 0.462. The monoisotopic (exact) mass is 438 g/mol. The molecule has 2 N–H and O–H groups in total. The molecule has 0 amide bonds. The van der Waals surface area contributed by atoms with Crippen LogP contribution in [0.25, 0.3) is 22.0 Å². The molecule has 0 bridgehead atoms. The number of halogens is 1. The van der Waals surface area contributed by atoms with Gasteiger partial charge in [-0.2, -0.15) is 0 Å². The lowest BCUT2D eigenvalue weighted by Gasteiger charge is -2.13. The number of sulfonamides is 1. The zero-order chi connectivity index (χ0) is 21.3. The summed E-state index contributed by atoms with van der Waals surface area (Å²) in [4.78, 5) is 0.219. The number of nitrogens with zero attached hydrogens (tertiary/aromatic N) is 2. The summed E-state index contributed by atoms with van der Waals surface area (Å²) in [6.45, 7) is 1.76. The lowest BCUT2D eigenvalue weighted by atomic mass is 10.0. The van der Waals surface area contributed by atoms with Crippen molar-refractivity contribution in [2.45, 2.75) is 11.8 Å². The van der Waals surface area contributed by atoms with Gasteiger partial charge >= 0.3 is 0 Å². The fraction of sp³-hybridized carbons (Fsp3) is 0.0909. The fourth-order valence-electron chi connectivity index (χ4n) is 3.23. The molecule has 0 aliphatic heterocycles. The van der Waals surface area contributed by atoms with Crippen molar-refractivity contribution in [3.05, 3.63) is 77.3 Å². The van der Waals surface area contributed by atoms with Gasteiger partial charge in [-0.15, -0.1) is 10.2 Å². The number of rotatable bonds is 5. The van der Waals surface area contributed by atoms with Crippen molar-refractivity contribution in [1.82, 2.24) is 14.9 Å². The van der Waals surface area contributed by atoms with Crippen LogP contribution in [0.3, 0.4) is 0 Å². The molecule has 30 heavy (non-hydrogen) atoms. The molecule has 0 fully saturated rings. The maximum atomic E-state index is 12.4. The molecule has 0 aliphatic rings. The van der Waals surface area contributed by atoms with Gasteiger partial charge in [0.2, 0.25) is 10.0 Å². The molecule has 0 unspecified atom stereocenters. The molecular formula is C22H19ClN4O2S. The average Bonchev–Trinajstić information content (AvgIpc) is 2.76. The molecule has 4 aromatic rings. The van der Waals surface area contributed by atoms with Crippen molar-refractivity contribution in [3.63, 3.8) is 0 Å².